The predicted octanol–water partition coefficient (Wildman–Crippen LogP) is 2.58. The molecule has 4 heterocycles. The van der Waals surface area contributed by atoms with Crippen LogP contribution in [0.3, 0.4) is 0 Å². The molecule has 7 nitrogen and oxygen atoms in total. The summed E-state index contributed by atoms with van der Waals surface area (Å²) in [4.78, 5) is 4.90. The highest BCUT2D eigenvalue weighted by Gasteiger charge is 2.23. The number of halogens is 1. The van der Waals surface area contributed by atoms with Crippen LogP contribution in [0.2, 0.25) is 0 Å². The monoisotopic (exact) mass is 391 g/mol. The molecule has 1 fully saturated rings. The predicted molar refractivity (Wildman–Crippen MR) is 98.9 cm³/mol. The van der Waals surface area contributed by atoms with Gasteiger partial charge < -0.3 is 11.1 Å². The van der Waals surface area contributed by atoms with E-state index in [-0.39, 0.29) is 7.43 Å². The number of hydrogen-bond donors (Lipinski definition) is 2. The Morgan fingerprint density at radius 1 is 1.33 bits per heavy atom. The van der Waals surface area contributed by atoms with E-state index in [0.29, 0.717) is 11.7 Å². The number of piperidine rings is 1. The summed E-state index contributed by atoms with van der Waals surface area (Å²) >= 11 is 3.61. The molecule has 1 saturated heterocycles. The molecule has 8 heteroatoms. The highest BCUT2D eigenvalue weighted by molar-refractivity contribution is 9.10. The summed E-state index contributed by atoms with van der Waals surface area (Å²) in [5, 5.41) is 12.1. The molecule has 1 aliphatic rings. The molecule has 1 atom stereocenters. The maximum atomic E-state index is 6.29. The molecule has 0 amide bonds. The molecule has 0 saturated carbocycles. The number of nitrogens with one attached hydrogen (secondary N) is 1. The van der Waals surface area contributed by atoms with E-state index in [2.05, 4.69) is 31.4 Å². The van der Waals surface area contributed by atoms with E-state index < -0.39 is 0 Å². The third-order valence-corrected chi connectivity index (χ3v) is 5.16. The Morgan fingerprint density at radius 2 is 2.17 bits per heavy atom. The summed E-state index contributed by atoms with van der Waals surface area (Å²) in [6.45, 7) is 2.00. The van der Waals surface area contributed by atoms with Crippen LogP contribution < -0.4 is 11.1 Å². The van der Waals surface area contributed by atoms with Gasteiger partial charge in [-0.2, -0.15) is 14.7 Å². The molecule has 3 N–H and O–H groups in total. The van der Waals surface area contributed by atoms with Gasteiger partial charge in [-0.15, -0.1) is 0 Å². The highest BCUT2D eigenvalue weighted by atomic mass is 79.9. The zero-order valence-corrected chi connectivity index (χ0v) is 14.4. The smallest absolute Gasteiger partial charge is 0.165 e. The first kappa shape index (κ1) is 16.9. The molecule has 0 aromatic carbocycles. The van der Waals surface area contributed by atoms with Gasteiger partial charge in [-0.05, 0) is 35.3 Å². The zero-order valence-electron chi connectivity index (χ0n) is 12.8. The summed E-state index contributed by atoms with van der Waals surface area (Å²) in [6, 6.07) is 0. The fraction of sp³-hybridized carbons (Fsp3) is 0.438. The van der Waals surface area contributed by atoms with Gasteiger partial charge in [-0.1, -0.05) is 7.43 Å². The Hall–Kier alpha value is -1.93. The first-order valence-electron chi connectivity index (χ1n) is 7.67. The van der Waals surface area contributed by atoms with Gasteiger partial charge in [0.15, 0.2) is 5.65 Å². The van der Waals surface area contributed by atoms with E-state index in [0.717, 1.165) is 52.9 Å². The van der Waals surface area contributed by atoms with Crippen LogP contribution in [0.15, 0.2) is 23.1 Å². The van der Waals surface area contributed by atoms with Crippen molar-refractivity contribution in [2.75, 3.05) is 18.8 Å². The number of nitrogens with two attached hydrogens (primary N) is 1. The fourth-order valence-electron chi connectivity index (χ4n) is 3.13. The third-order valence-electron chi connectivity index (χ3n) is 4.35. The van der Waals surface area contributed by atoms with E-state index in [4.69, 9.17) is 10.7 Å². The molecule has 128 valence electrons. The van der Waals surface area contributed by atoms with E-state index >= 15 is 0 Å². The van der Waals surface area contributed by atoms with E-state index in [1.54, 1.807) is 15.4 Å². The quantitative estimate of drug-likeness (QED) is 0.700. The van der Waals surface area contributed by atoms with Crippen molar-refractivity contribution in [2.45, 2.75) is 26.2 Å². The van der Waals surface area contributed by atoms with Crippen molar-refractivity contribution in [3.8, 4) is 11.1 Å². The number of rotatable bonds is 2. The van der Waals surface area contributed by atoms with Crippen LogP contribution in [0.4, 0.5) is 5.82 Å². The van der Waals surface area contributed by atoms with Crippen molar-refractivity contribution in [3.05, 3.63) is 28.8 Å². The second-order valence-corrected chi connectivity index (χ2v) is 6.73. The maximum absolute atomic E-state index is 6.29. The minimum atomic E-state index is 0. The van der Waals surface area contributed by atoms with Gasteiger partial charge >= 0.3 is 0 Å². The van der Waals surface area contributed by atoms with Crippen molar-refractivity contribution in [1.29, 1.82) is 0 Å². The van der Waals surface area contributed by atoms with Crippen LogP contribution in [-0.2, 0) is 7.05 Å². The normalized spacial score (nSPS) is 17.8. The molecule has 4 rings (SSSR count). The average Bonchev–Trinajstić information content (AvgIpc) is 3.17. The van der Waals surface area contributed by atoms with Gasteiger partial charge in [0.2, 0.25) is 0 Å². The SMILES string of the molecule is C.Cn1cc(-c2cnn3c(N)c(Br)c([C@H]4CCCNC4)nc23)cn1. The van der Waals surface area contributed by atoms with Gasteiger partial charge in [0.05, 0.1) is 22.6 Å². The first-order chi connectivity index (χ1) is 11.1. The van der Waals surface area contributed by atoms with Crippen LogP contribution in [-0.4, -0.2) is 37.5 Å². The molecule has 24 heavy (non-hydrogen) atoms. The van der Waals surface area contributed by atoms with Crippen LogP contribution in [0.5, 0.6) is 0 Å². The number of aromatic nitrogens is 5. The van der Waals surface area contributed by atoms with Gasteiger partial charge in [0, 0.05) is 36.8 Å². The first-order valence-corrected chi connectivity index (χ1v) is 8.47. The number of fused-ring (bicyclic) bond motifs is 1. The van der Waals surface area contributed by atoms with Crippen molar-refractivity contribution in [3.63, 3.8) is 0 Å². The summed E-state index contributed by atoms with van der Waals surface area (Å²) in [5.41, 5.74) is 10.0. The Morgan fingerprint density at radius 3 is 2.83 bits per heavy atom. The molecular formula is C16H22BrN7. The fourth-order valence-corrected chi connectivity index (χ4v) is 3.71. The van der Waals surface area contributed by atoms with E-state index in [1.807, 2.05) is 19.4 Å². The number of nitrogen functional groups attached to an aromatic ring is 1. The second-order valence-electron chi connectivity index (χ2n) is 5.94. The number of anilines is 1. The lowest BCUT2D eigenvalue weighted by molar-refractivity contribution is 0.453. The highest BCUT2D eigenvalue weighted by Crippen LogP contribution is 2.34. The summed E-state index contributed by atoms with van der Waals surface area (Å²) in [7, 11) is 1.90. The molecule has 0 spiro atoms. The van der Waals surface area contributed by atoms with Crippen molar-refractivity contribution < 1.29 is 0 Å². The molecule has 3 aromatic heterocycles. The van der Waals surface area contributed by atoms with Gasteiger partial charge in [0.25, 0.3) is 0 Å². The summed E-state index contributed by atoms with van der Waals surface area (Å²) < 4.78 is 4.30. The summed E-state index contributed by atoms with van der Waals surface area (Å²) in [6.07, 6.45) is 7.84. The number of aryl methyl sites for hydroxylation is 1. The molecule has 0 bridgehead atoms. The van der Waals surface area contributed by atoms with Crippen LogP contribution in [0.25, 0.3) is 16.8 Å². The lowest BCUT2D eigenvalue weighted by Crippen LogP contribution is -2.29. The van der Waals surface area contributed by atoms with E-state index in [9.17, 15) is 0 Å². The van der Waals surface area contributed by atoms with Crippen molar-refractivity contribution in [2.24, 2.45) is 7.05 Å². The maximum Gasteiger partial charge on any atom is 0.165 e. The Kier molecular flexibility index (Phi) is 4.60. The lowest BCUT2D eigenvalue weighted by atomic mass is 9.96. The Labute approximate surface area is 149 Å². The molecular weight excluding hydrogens is 370 g/mol. The number of hydrogen-bond acceptors (Lipinski definition) is 5. The molecule has 3 aromatic rings. The zero-order chi connectivity index (χ0) is 16.0. The van der Waals surface area contributed by atoms with Gasteiger partial charge in [-0.25, -0.2) is 4.98 Å². The van der Waals surface area contributed by atoms with Gasteiger partial charge in [-0.3, -0.25) is 4.68 Å². The second kappa shape index (κ2) is 6.52. The van der Waals surface area contributed by atoms with Crippen molar-refractivity contribution in [1.82, 2.24) is 29.7 Å². The summed E-state index contributed by atoms with van der Waals surface area (Å²) in [5.74, 6) is 0.952. The molecule has 0 unspecified atom stereocenters. The van der Waals surface area contributed by atoms with Crippen LogP contribution in [0, 0.1) is 0 Å². The standard InChI is InChI=1S/C15H18BrN7.CH4/c1-22-8-10(6-19-22)11-7-20-23-14(17)12(16)13(21-15(11)23)9-3-2-4-18-5-9;/h6-9,18H,2-5,17H2,1H3;1H4/t9-;/m0./s1. The average molecular weight is 392 g/mol. The van der Waals surface area contributed by atoms with E-state index in [1.165, 1.54) is 0 Å². The largest absolute Gasteiger partial charge is 0.383 e. The Balaban J connectivity index is 0.00000169. The van der Waals surface area contributed by atoms with Crippen LogP contribution in [0.1, 0.15) is 31.9 Å². The third kappa shape index (κ3) is 2.69. The molecule has 0 aliphatic carbocycles. The van der Waals surface area contributed by atoms with Gasteiger partial charge in [0.1, 0.15) is 5.82 Å². The number of nitrogens with zero attached hydrogens (tertiary/aromatic N) is 5. The minimum absolute atomic E-state index is 0. The minimum Gasteiger partial charge on any atom is -0.383 e. The van der Waals surface area contributed by atoms with Crippen LogP contribution >= 0.6 is 15.9 Å². The lowest BCUT2D eigenvalue weighted by Gasteiger charge is -2.23. The molecule has 0 radical (unpaired) electrons. The molecule has 1 aliphatic heterocycles. The Bertz CT molecular complexity index is 861. The van der Waals surface area contributed by atoms with Crippen molar-refractivity contribution >= 4 is 27.4 Å². The topological polar surface area (TPSA) is 86.1 Å².